The maximum absolute atomic E-state index is 12.1. The van der Waals surface area contributed by atoms with E-state index >= 15 is 0 Å². The van der Waals surface area contributed by atoms with Crippen molar-refractivity contribution in [3.05, 3.63) is 60.0 Å². The van der Waals surface area contributed by atoms with Crippen LogP contribution >= 0.6 is 0 Å². The van der Waals surface area contributed by atoms with Gasteiger partial charge in [-0.25, -0.2) is 5.43 Å². The molecular weight excluding hydrogens is 322 g/mol. The Bertz CT molecular complexity index is 936. The van der Waals surface area contributed by atoms with Gasteiger partial charge in [0, 0.05) is 11.8 Å². The predicted molar refractivity (Wildman–Crippen MR) is 89.4 cm³/mol. The number of hydrogen-bond acceptors (Lipinski definition) is 6. The third-order valence-electron chi connectivity index (χ3n) is 3.54. The Balaban J connectivity index is 1.45. The van der Waals surface area contributed by atoms with E-state index in [1.807, 2.05) is 24.3 Å². The van der Waals surface area contributed by atoms with Crippen LogP contribution in [0.1, 0.15) is 16.2 Å². The van der Waals surface area contributed by atoms with Gasteiger partial charge in [0.15, 0.2) is 11.5 Å². The average molecular weight is 335 g/mol. The number of carbonyl (C=O) groups is 1. The topological polar surface area (TPSA) is 101 Å². The summed E-state index contributed by atoms with van der Waals surface area (Å²) in [7, 11) is 0. The molecule has 1 amide bonds. The van der Waals surface area contributed by atoms with Crippen LogP contribution in [0.3, 0.4) is 0 Å². The van der Waals surface area contributed by atoms with Crippen molar-refractivity contribution in [1.82, 2.24) is 20.6 Å². The second-order valence-electron chi connectivity index (χ2n) is 5.19. The number of aromatic nitrogens is 3. The van der Waals surface area contributed by atoms with Crippen molar-refractivity contribution >= 4 is 12.1 Å². The molecule has 0 atom stereocenters. The molecule has 1 aliphatic heterocycles. The second-order valence-corrected chi connectivity index (χ2v) is 5.19. The molecule has 2 aromatic heterocycles. The van der Waals surface area contributed by atoms with Gasteiger partial charge in [0.2, 0.25) is 6.79 Å². The highest BCUT2D eigenvalue weighted by molar-refractivity contribution is 5.94. The fourth-order valence-electron chi connectivity index (χ4n) is 2.31. The summed E-state index contributed by atoms with van der Waals surface area (Å²) in [5.74, 6) is 0.958. The van der Waals surface area contributed by atoms with Crippen LogP contribution in [0.25, 0.3) is 11.3 Å². The first kappa shape index (κ1) is 14.9. The van der Waals surface area contributed by atoms with Crippen molar-refractivity contribution in [2.75, 3.05) is 6.79 Å². The smallest absolute Gasteiger partial charge is 0.289 e. The molecule has 3 heterocycles. The van der Waals surface area contributed by atoms with Gasteiger partial charge in [-0.3, -0.25) is 14.9 Å². The Morgan fingerprint density at radius 3 is 3.00 bits per heavy atom. The first-order valence-electron chi connectivity index (χ1n) is 7.49. The van der Waals surface area contributed by atoms with Gasteiger partial charge in [-0.2, -0.15) is 10.2 Å². The number of benzene rings is 1. The van der Waals surface area contributed by atoms with Gasteiger partial charge in [0.1, 0.15) is 5.69 Å². The number of pyridine rings is 1. The van der Waals surface area contributed by atoms with Gasteiger partial charge in [0.05, 0.1) is 17.6 Å². The molecule has 8 heteroatoms. The number of amides is 1. The number of nitrogens with one attached hydrogen (secondary N) is 2. The van der Waals surface area contributed by atoms with E-state index in [9.17, 15) is 4.79 Å². The molecule has 0 fully saturated rings. The molecule has 3 aromatic rings. The number of aromatic amines is 1. The van der Waals surface area contributed by atoms with Crippen LogP contribution in [0, 0.1) is 0 Å². The third kappa shape index (κ3) is 3.18. The average Bonchev–Trinajstić information content (AvgIpc) is 3.31. The van der Waals surface area contributed by atoms with Gasteiger partial charge >= 0.3 is 0 Å². The number of rotatable bonds is 4. The number of fused-ring (bicyclic) bond motifs is 1. The van der Waals surface area contributed by atoms with Gasteiger partial charge < -0.3 is 9.47 Å². The van der Waals surface area contributed by atoms with Crippen LogP contribution in [-0.4, -0.2) is 34.1 Å². The number of H-pyrrole nitrogens is 1. The molecule has 25 heavy (non-hydrogen) atoms. The highest BCUT2D eigenvalue weighted by Gasteiger charge is 2.16. The highest BCUT2D eigenvalue weighted by atomic mass is 16.7. The van der Waals surface area contributed by atoms with Crippen LogP contribution in [0.2, 0.25) is 0 Å². The Kier molecular flexibility index (Phi) is 3.83. The van der Waals surface area contributed by atoms with Gasteiger partial charge in [-0.1, -0.05) is 6.07 Å². The van der Waals surface area contributed by atoms with Gasteiger partial charge in [-0.15, -0.1) is 0 Å². The summed E-state index contributed by atoms with van der Waals surface area (Å²) in [4.78, 5) is 16.2. The van der Waals surface area contributed by atoms with E-state index < -0.39 is 5.91 Å². The lowest BCUT2D eigenvalue weighted by atomic mass is 10.1. The van der Waals surface area contributed by atoms with Crippen LogP contribution in [0.4, 0.5) is 0 Å². The summed E-state index contributed by atoms with van der Waals surface area (Å²) in [6, 6.07) is 12.5. The van der Waals surface area contributed by atoms with Crippen molar-refractivity contribution in [1.29, 1.82) is 0 Å². The molecule has 0 saturated carbocycles. The monoisotopic (exact) mass is 335 g/mol. The van der Waals surface area contributed by atoms with E-state index in [0.29, 0.717) is 28.6 Å². The first-order chi connectivity index (χ1) is 12.3. The minimum Gasteiger partial charge on any atom is -0.454 e. The molecule has 0 aliphatic carbocycles. The zero-order valence-electron chi connectivity index (χ0n) is 13.0. The zero-order chi connectivity index (χ0) is 17.1. The predicted octanol–water partition coefficient (Wildman–Crippen LogP) is 1.96. The molecule has 0 spiro atoms. The zero-order valence-corrected chi connectivity index (χ0v) is 13.0. The number of carbonyl (C=O) groups excluding carboxylic acids is 1. The van der Waals surface area contributed by atoms with E-state index in [1.165, 1.54) is 6.21 Å². The van der Waals surface area contributed by atoms with Gasteiger partial charge in [0.25, 0.3) is 5.91 Å². The van der Waals surface area contributed by atoms with Crippen LogP contribution < -0.4 is 14.9 Å². The lowest BCUT2D eigenvalue weighted by molar-refractivity contribution is 0.0950. The molecule has 0 bridgehead atoms. The molecule has 1 aromatic carbocycles. The maximum atomic E-state index is 12.1. The lowest BCUT2D eigenvalue weighted by Crippen LogP contribution is -2.18. The van der Waals surface area contributed by atoms with E-state index in [1.54, 1.807) is 24.4 Å². The SMILES string of the molecule is O=C(NN=Cc1ccccn1)c1cc(-c2ccc3c(c2)OCO3)n[nH]1. The summed E-state index contributed by atoms with van der Waals surface area (Å²) >= 11 is 0. The van der Waals surface area contributed by atoms with Crippen molar-refractivity contribution in [2.24, 2.45) is 5.10 Å². The molecule has 1 aliphatic rings. The Morgan fingerprint density at radius 2 is 2.12 bits per heavy atom. The molecule has 124 valence electrons. The molecule has 0 unspecified atom stereocenters. The number of hydrogen-bond donors (Lipinski definition) is 2. The quantitative estimate of drug-likeness (QED) is 0.561. The van der Waals surface area contributed by atoms with Crippen LogP contribution in [0.5, 0.6) is 11.5 Å². The summed E-state index contributed by atoms with van der Waals surface area (Å²) in [5.41, 5.74) is 4.81. The molecule has 8 nitrogen and oxygen atoms in total. The normalized spacial score (nSPS) is 12.5. The van der Waals surface area contributed by atoms with Crippen LogP contribution in [-0.2, 0) is 0 Å². The summed E-state index contributed by atoms with van der Waals surface area (Å²) in [5, 5.41) is 10.7. The summed E-state index contributed by atoms with van der Waals surface area (Å²) in [6.07, 6.45) is 3.11. The van der Waals surface area contributed by atoms with Gasteiger partial charge in [-0.05, 0) is 36.4 Å². The second kappa shape index (κ2) is 6.44. The van der Waals surface area contributed by atoms with E-state index in [0.717, 1.165) is 5.56 Å². The fourth-order valence-corrected chi connectivity index (χ4v) is 2.31. The number of nitrogens with zero attached hydrogens (tertiary/aromatic N) is 3. The molecule has 0 radical (unpaired) electrons. The standard InChI is InChI=1S/C17H13N5O3/c23-17(22-19-9-12-3-1-2-6-18-12)14-8-13(20-21-14)11-4-5-15-16(7-11)25-10-24-15/h1-9H,10H2,(H,20,21)(H,22,23). The Labute approximate surface area is 142 Å². The summed E-state index contributed by atoms with van der Waals surface area (Å²) in [6.45, 7) is 0.210. The van der Waals surface area contributed by atoms with E-state index in [4.69, 9.17) is 9.47 Å². The minimum atomic E-state index is -0.397. The van der Waals surface area contributed by atoms with Crippen molar-refractivity contribution < 1.29 is 14.3 Å². The minimum absolute atomic E-state index is 0.210. The molecular formula is C17H13N5O3. The van der Waals surface area contributed by atoms with E-state index in [-0.39, 0.29) is 6.79 Å². The van der Waals surface area contributed by atoms with Crippen molar-refractivity contribution in [3.63, 3.8) is 0 Å². The van der Waals surface area contributed by atoms with Crippen LogP contribution in [0.15, 0.2) is 53.8 Å². The summed E-state index contributed by atoms with van der Waals surface area (Å²) < 4.78 is 10.6. The fraction of sp³-hybridized carbons (Fsp3) is 0.0588. The van der Waals surface area contributed by atoms with E-state index in [2.05, 4.69) is 25.7 Å². The first-order valence-corrected chi connectivity index (χ1v) is 7.49. The number of hydrazone groups is 1. The Hall–Kier alpha value is -3.68. The number of ether oxygens (including phenoxy) is 2. The molecule has 0 saturated heterocycles. The Morgan fingerprint density at radius 1 is 1.20 bits per heavy atom. The molecule has 4 rings (SSSR count). The van der Waals surface area contributed by atoms with Crippen molar-refractivity contribution in [2.45, 2.75) is 0 Å². The maximum Gasteiger partial charge on any atom is 0.289 e. The lowest BCUT2D eigenvalue weighted by Gasteiger charge is -1.99. The van der Waals surface area contributed by atoms with Crippen molar-refractivity contribution in [3.8, 4) is 22.8 Å². The highest BCUT2D eigenvalue weighted by Crippen LogP contribution is 2.35. The third-order valence-corrected chi connectivity index (χ3v) is 3.54. The largest absolute Gasteiger partial charge is 0.454 e. The molecule has 2 N–H and O–H groups in total.